The zero-order chi connectivity index (χ0) is 11.8. The molecule has 0 aromatic carbocycles. The van der Waals surface area contributed by atoms with E-state index in [4.69, 9.17) is 0 Å². The van der Waals surface area contributed by atoms with Crippen molar-refractivity contribution in [3.63, 3.8) is 0 Å². The minimum absolute atomic E-state index is 0.769. The molecular weight excluding hydrogens is 216 g/mol. The molecule has 0 amide bonds. The predicted molar refractivity (Wildman–Crippen MR) is 75.3 cm³/mol. The molecule has 0 aromatic rings. The summed E-state index contributed by atoms with van der Waals surface area (Å²) in [4.78, 5) is 2.68. The first-order valence-corrected chi connectivity index (χ1v) is 7.92. The molecule has 0 aromatic heterocycles. The second-order valence-corrected chi connectivity index (χ2v) is 6.47. The molecule has 1 N–H and O–H groups in total. The summed E-state index contributed by atoms with van der Waals surface area (Å²) in [6.07, 6.45) is 2.78. The Morgan fingerprint density at radius 3 is 2.94 bits per heavy atom. The Bertz CT molecular complexity index is 173. The van der Waals surface area contributed by atoms with Crippen molar-refractivity contribution in [2.75, 3.05) is 37.7 Å². The quantitative estimate of drug-likeness (QED) is 0.660. The molecule has 2 nitrogen and oxygen atoms in total. The van der Waals surface area contributed by atoms with E-state index in [1.807, 2.05) is 0 Å². The second kappa shape index (κ2) is 8.37. The minimum Gasteiger partial charge on any atom is -0.315 e. The molecule has 0 spiro atoms. The summed E-state index contributed by atoms with van der Waals surface area (Å²) >= 11 is 2.06. The zero-order valence-electron chi connectivity index (χ0n) is 11.2. The molecule has 1 heterocycles. The van der Waals surface area contributed by atoms with E-state index < -0.39 is 0 Å². The van der Waals surface area contributed by atoms with Crippen LogP contribution >= 0.6 is 11.8 Å². The van der Waals surface area contributed by atoms with E-state index in [0.717, 1.165) is 18.5 Å². The van der Waals surface area contributed by atoms with Crippen LogP contribution in [0.5, 0.6) is 0 Å². The molecule has 1 rings (SSSR count). The third-order valence-electron chi connectivity index (χ3n) is 3.16. The van der Waals surface area contributed by atoms with E-state index in [2.05, 4.69) is 42.7 Å². The molecule has 16 heavy (non-hydrogen) atoms. The summed E-state index contributed by atoms with van der Waals surface area (Å²) < 4.78 is 0. The maximum atomic E-state index is 3.60. The highest BCUT2D eigenvalue weighted by Crippen LogP contribution is 2.17. The van der Waals surface area contributed by atoms with Crippen LogP contribution in [-0.4, -0.2) is 48.6 Å². The first-order chi connectivity index (χ1) is 7.74. The van der Waals surface area contributed by atoms with Crippen LogP contribution in [0.15, 0.2) is 0 Å². The van der Waals surface area contributed by atoms with Crippen molar-refractivity contribution in [3.05, 3.63) is 0 Å². The first kappa shape index (κ1) is 14.3. The van der Waals surface area contributed by atoms with Crippen LogP contribution in [-0.2, 0) is 0 Å². The summed E-state index contributed by atoms with van der Waals surface area (Å²) in [6, 6.07) is 0.802. The molecule has 0 radical (unpaired) electrons. The van der Waals surface area contributed by atoms with Gasteiger partial charge in [-0.3, -0.25) is 4.90 Å². The lowest BCUT2D eigenvalue weighted by Crippen LogP contribution is -2.40. The highest BCUT2D eigenvalue weighted by molar-refractivity contribution is 7.99. The molecule has 3 heteroatoms. The van der Waals surface area contributed by atoms with E-state index in [1.165, 1.54) is 44.0 Å². The Kier molecular flexibility index (Phi) is 7.50. The predicted octanol–water partition coefficient (Wildman–Crippen LogP) is 2.45. The standard InChI is InChI=1S/C13H28N2S/c1-4-16-9-8-15-7-5-6-13(15)11-14-10-12(2)3/h12-14H,4-11H2,1-3H3. The molecular formula is C13H28N2S. The summed E-state index contributed by atoms with van der Waals surface area (Å²) in [5.74, 6) is 3.33. The third kappa shape index (κ3) is 5.55. The van der Waals surface area contributed by atoms with Crippen molar-refractivity contribution in [3.8, 4) is 0 Å². The molecule has 1 fully saturated rings. The number of nitrogens with one attached hydrogen (secondary N) is 1. The van der Waals surface area contributed by atoms with E-state index >= 15 is 0 Å². The van der Waals surface area contributed by atoms with Gasteiger partial charge < -0.3 is 5.32 Å². The fourth-order valence-corrected chi connectivity index (χ4v) is 2.94. The Labute approximate surface area is 106 Å². The van der Waals surface area contributed by atoms with Gasteiger partial charge in [0, 0.05) is 24.9 Å². The van der Waals surface area contributed by atoms with Gasteiger partial charge in [-0.2, -0.15) is 11.8 Å². The van der Waals surface area contributed by atoms with Gasteiger partial charge in [0.1, 0.15) is 0 Å². The van der Waals surface area contributed by atoms with Crippen LogP contribution in [0.2, 0.25) is 0 Å². The van der Waals surface area contributed by atoms with Crippen LogP contribution in [0.4, 0.5) is 0 Å². The molecule has 96 valence electrons. The van der Waals surface area contributed by atoms with Gasteiger partial charge in [-0.1, -0.05) is 20.8 Å². The number of hydrogen-bond acceptors (Lipinski definition) is 3. The molecule has 0 aliphatic carbocycles. The van der Waals surface area contributed by atoms with Gasteiger partial charge in [-0.05, 0) is 37.6 Å². The number of thioether (sulfide) groups is 1. The Morgan fingerprint density at radius 2 is 2.25 bits per heavy atom. The number of likely N-dealkylation sites (tertiary alicyclic amines) is 1. The van der Waals surface area contributed by atoms with E-state index in [0.29, 0.717) is 0 Å². The van der Waals surface area contributed by atoms with E-state index in [-0.39, 0.29) is 0 Å². The van der Waals surface area contributed by atoms with Gasteiger partial charge in [0.25, 0.3) is 0 Å². The van der Waals surface area contributed by atoms with Crippen molar-refractivity contribution >= 4 is 11.8 Å². The average Bonchev–Trinajstić information content (AvgIpc) is 2.66. The van der Waals surface area contributed by atoms with Gasteiger partial charge >= 0.3 is 0 Å². The van der Waals surface area contributed by atoms with Gasteiger partial charge in [0.15, 0.2) is 0 Å². The summed E-state index contributed by atoms with van der Waals surface area (Å²) in [5.41, 5.74) is 0. The lowest BCUT2D eigenvalue weighted by molar-refractivity contribution is 0.260. The molecule has 0 bridgehead atoms. The smallest absolute Gasteiger partial charge is 0.0221 e. The van der Waals surface area contributed by atoms with Crippen LogP contribution in [0.3, 0.4) is 0 Å². The van der Waals surface area contributed by atoms with Gasteiger partial charge in [-0.25, -0.2) is 0 Å². The van der Waals surface area contributed by atoms with Gasteiger partial charge in [0.05, 0.1) is 0 Å². The summed E-state index contributed by atoms with van der Waals surface area (Å²) in [7, 11) is 0. The lowest BCUT2D eigenvalue weighted by atomic mass is 10.2. The molecule has 1 unspecified atom stereocenters. The molecule has 1 saturated heterocycles. The maximum absolute atomic E-state index is 3.60. The number of nitrogens with zero attached hydrogens (tertiary/aromatic N) is 1. The van der Waals surface area contributed by atoms with Crippen molar-refractivity contribution < 1.29 is 0 Å². The van der Waals surface area contributed by atoms with Gasteiger partial charge in [-0.15, -0.1) is 0 Å². The third-order valence-corrected chi connectivity index (χ3v) is 4.04. The molecule has 1 aliphatic heterocycles. The van der Waals surface area contributed by atoms with Crippen molar-refractivity contribution in [1.29, 1.82) is 0 Å². The van der Waals surface area contributed by atoms with Crippen molar-refractivity contribution in [2.45, 2.75) is 39.7 Å². The van der Waals surface area contributed by atoms with Crippen LogP contribution in [0.1, 0.15) is 33.6 Å². The largest absolute Gasteiger partial charge is 0.315 e. The Morgan fingerprint density at radius 1 is 1.44 bits per heavy atom. The van der Waals surface area contributed by atoms with E-state index in [9.17, 15) is 0 Å². The number of hydrogen-bond donors (Lipinski definition) is 1. The SMILES string of the molecule is CCSCCN1CCCC1CNCC(C)C. The van der Waals surface area contributed by atoms with Crippen LogP contribution in [0.25, 0.3) is 0 Å². The lowest BCUT2D eigenvalue weighted by Gasteiger charge is -2.24. The molecule has 1 atom stereocenters. The Hall–Kier alpha value is 0.270. The number of rotatable bonds is 8. The van der Waals surface area contributed by atoms with Gasteiger partial charge in [0.2, 0.25) is 0 Å². The summed E-state index contributed by atoms with van der Waals surface area (Å²) in [5, 5.41) is 3.60. The van der Waals surface area contributed by atoms with Crippen molar-refractivity contribution in [1.82, 2.24) is 10.2 Å². The minimum atomic E-state index is 0.769. The van der Waals surface area contributed by atoms with Crippen LogP contribution < -0.4 is 5.32 Å². The average molecular weight is 244 g/mol. The Balaban J connectivity index is 2.13. The first-order valence-electron chi connectivity index (χ1n) is 6.76. The monoisotopic (exact) mass is 244 g/mol. The highest BCUT2D eigenvalue weighted by atomic mass is 32.2. The second-order valence-electron chi connectivity index (χ2n) is 5.08. The zero-order valence-corrected chi connectivity index (χ0v) is 12.0. The fourth-order valence-electron chi connectivity index (χ4n) is 2.29. The normalized spacial score (nSPS) is 22.1. The molecule has 0 saturated carbocycles. The highest BCUT2D eigenvalue weighted by Gasteiger charge is 2.23. The van der Waals surface area contributed by atoms with Crippen LogP contribution in [0, 0.1) is 5.92 Å². The fraction of sp³-hybridized carbons (Fsp3) is 1.00. The summed E-state index contributed by atoms with van der Waals surface area (Å²) in [6.45, 7) is 11.7. The molecule has 1 aliphatic rings. The van der Waals surface area contributed by atoms with Crippen molar-refractivity contribution in [2.24, 2.45) is 5.92 Å². The maximum Gasteiger partial charge on any atom is 0.0221 e. The van der Waals surface area contributed by atoms with E-state index in [1.54, 1.807) is 0 Å². The topological polar surface area (TPSA) is 15.3 Å².